The molecule has 0 spiro atoms. The monoisotopic (exact) mass is 323 g/mol. The highest BCUT2D eigenvalue weighted by Crippen LogP contribution is 2.28. The van der Waals surface area contributed by atoms with Gasteiger partial charge in [-0.1, -0.05) is 35.3 Å². The van der Waals surface area contributed by atoms with Gasteiger partial charge in [0.1, 0.15) is 0 Å². The van der Waals surface area contributed by atoms with Crippen molar-refractivity contribution < 1.29 is 5.11 Å². The lowest BCUT2D eigenvalue weighted by Crippen LogP contribution is -2.01. The Hall–Kier alpha value is -1.13. The maximum Gasteiger partial charge on any atom is 0.0967 e. The Labute approximate surface area is 130 Å². The number of hydrogen-bond acceptors (Lipinski definition) is 3. The number of fused-ring (bicyclic) bond motifs is 1. The van der Waals surface area contributed by atoms with Crippen LogP contribution >= 0.6 is 34.5 Å². The van der Waals surface area contributed by atoms with E-state index in [-0.39, 0.29) is 0 Å². The zero-order valence-electron chi connectivity index (χ0n) is 10.4. The Kier molecular flexibility index (Phi) is 3.94. The van der Waals surface area contributed by atoms with E-state index in [4.69, 9.17) is 23.2 Å². The Morgan fingerprint density at radius 3 is 2.50 bits per heavy atom. The molecule has 20 heavy (non-hydrogen) atoms. The molecule has 0 bridgehead atoms. The highest BCUT2D eigenvalue weighted by Gasteiger charge is 2.13. The molecule has 0 aliphatic rings. The average Bonchev–Trinajstić information content (AvgIpc) is 2.79. The van der Waals surface area contributed by atoms with Gasteiger partial charge in [0.25, 0.3) is 0 Å². The molecule has 1 unspecified atom stereocenters. The third kappa shape index (κ3) is 2.96. The van der Waals surface area contributed by atoms with Crippen molar-refractivity contribution in [3.63, 3.8) is 0 Å². The molecule has 0 fully saturated rings. The van der Waals surface area contributed by atoms with E-state index in [1.165, 1.54) is 0 Å². The lowest BCUT2D eigenvalue weighted by atomic mass is 10.1. The summed E-state index contributed by atoms with van der Waals surface area (Å²) in [6, 6.07) is 13.0. The number of benzene rings is 2. The number of aliphatic hydroxyl groups excluding tert-OH is 1. The van der Waals surface area contributed by atoms with Gasteiger partial charge in [0, 0.05) is 16.5 Å². The number of aliphatic hydroxyl groups is 1. The predicted molar refractivity (Wildman–Crippen MR) is 84.7 cm³/mol. The van der Waals surface area contributed by atoms with E-state index in [0.717, 1.165) is 15.2 Å². The SMILES string of the molecule is OC(Cc1nc2ccccc2s1)c1cc(Cl)cc(Cl)c1. The number of hydrogen-bond donors (Lipinski definition) is 1. The Morgan fingerprint density at radius 1 is 1.10 bits per heavy atom. The second-order valence-electron chi connectivity index (χ2n) is 4.50. The molecular weight excluding hydrogens is 313 g/mol. The van der Waals surface area contributed by atoms with Crippen molar-refractivity contribution in [2.24, 2.45) is 0 Å². The summed E-state index contributed by atoms with van der Waals surface area (Å²) < 4.78 is 1.12. The van der Waals surface area contributed by atoms with Crippen LogP contribution in [-0.4, -0.2) is 10.1 Å². The third-order valence-corrected chi connectivity index (χ3v) is 4.47. The number of nitrogens with zero attached hydrogens (tertiary/aromatic N) is 1. The first-order chi connectivity index (χ1) is 9.61. The summed E-state index contributed by atoms with van der Waals surface area (Å²) in [6.07, 6.45) is -0.206. The number of thiazole rings is 1. The lowest BCUT2D eigenvalue weighted by molar-refractivity contribution is 0.178. The number of rotatable bonds is 3. The van der Waals surface area contributed by atoms with E-state index >= 15 is 0 Å². The highest BCUT2D eigenvalue weighted by atomic mass is 35.5. The Balaban J connectivity index is 1.86. The van der Waals surface area contributed by atoms with Crippen molar-refractivity contribution in [3.05, 3.63) is 63.1 Å². The summed E-state index contributed by atoms with van der Waals surface area (Å²) in [5.74, 6) is 0. The highest BCUT2D eigenvalue weighted by molar-refractivity contribution is 7.18. The molecule has 0 radical (unpaired) electrons. The Bertz CT molecular complexity index is 703. The Morgan fingerprint density at radius 2 is 1.80 bits per heavy atom. The molecule has 2 aromatic carbocycles. The van der Waals surface area contributed by atoms with Gasteiger partial charge in [0.15, 0.2) is 0 Å². The standard InChI is InChI=1S/C15H11Cl2NOS/c16-10-5-9(6-11(17)7-10)13(19)8-15-18-12-3-1-2-4-14(12)20-15/h1-7,13,19H,8H2. The van der Waals surface area contributed by atoms with Crippen molar-refractivity contribution in [3.8, 4) is 0 Å². The number of aromatic nitrogens is 1. The fourth-order valence-corrected chi connectivity index (χ4v) is 3.60. The molecular formula is C15H11Cl2NOS. The molecule has 1 N–H and O–H groups in total. The fraction of sp³-hybridized carbons (Fsp3) is 0.133. The predicted octanol–water partition coefficient (Wildman–Crippen LogP) is 4.88. The first-order valence-electron chi connectivity index (χ1n) is 6.10. The van der Waals surface area contributed by atoms with E-state index in [2.05, 4.69) is 4.98 Å². The minimum atomic E-state index is -0.660. The molecule has 0 saturated carbocycles. The first-order valence-corrected chi connectivity index (χ1v) is 7.67. The van der Waals surface area contributed by atoms with Crippen LogP contribution in [0.1, 0.15) is 16.7 Å². The van der Waals surface area contributed by atoms with Gasteiger partial charge in [-0.3, -0.25) is 0 Å². The van der Waals surface area contributed by atoms with E-state index in [1.807, 2.05) is 24.3 Å². The van der Waals surface area contributed by atoms with Crippen LogP contribution in [0.25, 0.3) is 10.2 Å². The van der Waals surface area contributed by atoms with Gasteiger partial charge in [0.05, 0.1) is 21.3 Å². The molecule has 1 heterocycles. The summed E-state index contributed by atoms with van der Waals surface area (Å²) in [5.41, 5.74) is 1.67. The molecule has 3 aromatic rings. The van der Waals surface area contributed by atoms with Crippen LogP contribution in [0.2, 0.25) is 10.0 Å². The smallest absolute Gasteiger partial charge is 0.0967 e. The molecule has 0 saturated heterocycles. The lowest BCUT2D eigenvalue weighted by Gasteiger charge is -2.10. The molecule has 0 amide bonds. The van der Waals surface area contributed by atoms with Crippen LogP contribution in [0.4, 0.5) is 0 Å². The van der Waals surface area contributed by atoms with E-state index in [1.54, 1.807) is 29.5 Å². The van der Waals surface area contributed by atoms with Crippen molar-refractivity contribution in [2.75, 3.05) is 0 Å². The maximum absolute atomic E-state index is 10.3. The van der Waals surface area contributed by atoms with Crippen LogP contribution in [0, 0.1) is 0 Å². The largest absolute Gasteiger partial charge is 0.388 e. The minimum Gasteiger partial charge on any atom is -0.388 e. The third-order valence-electron chi connectivity index (χ3n) is 2.98. The molecule has 102 valence electrons. The number of halogens is 2. The molecule has 1 atom stereocenters. The van der Waals surface area contributed by atoms with Crippen LogP contribution in [-0.2, 0) is 6.42 Å². The maximum atomic E-state index is 10.3. The normalized spacial score (nSPS) is 12.8. The number of para-hydroxylation sites is 1. The minimum absolute atomic E-state index is 0.454. The fourth-order valence-electron chi connectivity index (χ4n) is 2.06. The zero-order chi connectivity index (χ0) is 14.1. The van der Waals surface area contributed by atoms with Gasteiger partial charge in [-0.15, -0.1) is 11.3 Å². The molecule has 0 aliphatic heterocycles. The second-order valence-corrected chi connectivity index (χ2v) is 6.49. The summed E-state index contributed by atoms with van der Waals surface area (Å²) in [4.78, 5) is 4.52. The van der Waals surface area contributed by atoms with Gasteiger partial charge < -0.3 is 5.11 Å². The quantitative estimate of drug-likeness (QED) is 0.745. The van der Waals surface area contributed by atoms with Gasteiger partial charge in [-0.25, -0.2) is 4.98 Å². The van der Waals surface area contributed by atoms with Crippen LogP contribution < -0.4 is 0 Å². The van der Waals surface area contributed by atoms with Crippen LogP contribution in [0.5, 0.6) is 0 Å². The van der Waals surface area contributed by atoms with E-state index < -0.39 is 6.10 Å². The summed E-state index contributed by atoms with van der Waals surface area (Å²) in [7, 11) is 0. The first kappa shape index (κ1) is 13.8. The van der Waals surface area contributed by atoms with Crippen molar-refractivity contribution in [1.82, 2.24) is 4.98 Å². The van der Waals surface area contributed by atoms with Gasteiger partial charge in [0.2, 0.25) is 0 Å². The zero-order valence-corrected chi connectivity index (χ0v) is 12.7. The van der Waals surface area contributed by atoms with Crippen LogP contribution in [0.3, 0.4) is 0 Å². The van der Waals surface area contributed by atoms with Gasteiger partial charge in [-0.2, -0.15) is 0 Å². The van der Waals surface area contributed by atoms with Gasteiger partial charge in [-0.05, 0) is 35.9 Å². The molecule has 5 heteroatoms. The van der Waals surface area contributed by atoms with Crippen molar-refractivity contribution >= 4 is 44.8 Å². The average molecular weight is 324 g/mol. The summed E-state index contributed by atoms with van der Waals surface area (Å²) in [6.45, 7) is 0. The topological polar surface area (TPSA) is 33.1 Å². The summed E-state index contributed by atoms with van der Waals surface area (Å²) in [5, 5.41) is 12.2. The van der Waals surface area contributed by atoms with Crippen molar-refractivity contribution in [2.45, 2.75) is 12.5 Å². The molecule has 0 aliphatic carbocycles. The summed E-state index contributed by atoms with van der Waals surface area (Å²) >= 11 is 13.5. The van der Waals surface area contributed by atoms with Crippen LogP contribution in [0.15, 0.2) is 42.5 Å². The molecule has 2 nitrogen and oxygen atoms in total. The van der Waals surface area contributed by atoms with E-state index in [9.17, 15) is 5.11 Å². The molecule has 3 rings (SSSR count). The van der Waals surface area contributed by atoms with Gasteiger partial charge >= 0.3 is 0 Å². The second kappa shape index (κ2) is 5.70. The van der Waals surface area contributed by atoms with Crippen molar-refractivity contribution in [1.29, 1.82) is 0 Å². The molecule has 1 aromatic heterocycles. The van der Waals surface area contributed by atoms with E-state index in [0.29, 0.717) is 22.0 Å².